The van der Waals surface area contributed by atoms with E-state index in [1.54, 1.807) is 0 Å². The second-order valence-electron chi connectivity index (χ2n) is 11.6. The van der Waals surface area contributed by atoms with E-state index in [0.29, 0.717) is 0 Å². The van der Waals surface area contributed by atoms with Gasteiger partial charge in [0.25, 0.3) is 5.91 Å². The third kappa shape index (κ3) is 8.28. The third-order valence-electron chi connectivity index (χ3n) is 8.23. The molecule has 8 nitrogen and oxygen atoms in total. The first kappa shape index (κ1) is 35.6. The fourth-order valence-electron chi connectivity index (χ4n) is 5.84. The number of carbonyl (C=O) groups excluding carboxylic acids is 4. The van der Waals surface area contributed by atoms with Gasteiger partial charge >= 0.3 is 12.1 Å². The minimum absolute atomic E-state index is 0.0000792. The molecule has 254 valence electrons. The molecule has 5 aromatic carbocycles. The number of amides is 2. The Bertz CT molecular complexity index is 1850. The number of esters is 1. The summed E-state index contributed by atoms with van der Waals surface area (Å²) < 4.78 is 10.6. The molecule has 2 atom stereocenters. The predicted molar refractivity (Wildman–Crippen MR) is 198 cm³/mol. The number of rotatable bonds is 13. The van der Waals surface area contributed by atoms with Gasteiger partial charge in [0.2, 0.25) is 0 Å². The van der Waals surface area contributed by atoms with E-state index in [1.807, 2.05) is 152 Å². The fourth-order valence-corrected chi connectivity index (χ4v) is 10.3. The zero-order valence-corrected chi connectivity index (χ0v) is 28.8. The second-order valence-corrected chi connectivity index (χ2v) is 14.9. The highest BCUT2D eigenvalue weighted by molar-refractivity contribution is 7.97. The van der Waals surface area contributed by atoms with Gasteiger partial charge in [0.15, 0.2) is 5.78 Å². The number of hydrogen-bond donors (Lipinski definition) is 2. The molecule has 50 heavy (non-hydrogen) atoms. The van der Waals surface area contributed by atoms with Gasteiger partial charge < -0.3 is 20.1 Å². The minimum atomic E-state index is -3.30. The number of alkyl carbamates (subject to hydrolysis) is 1. The van der Waals surface area contributed by atoms with E-state index in [-0.39, 0.29) is 18.3 Å². The number of ether oxygens (including phenoxy) is 2. The summed E-state index contributed by atoms with van der Waals surface area (Å²) in [6.45, 7) is -1.78. The normalized spacial score (nSPS) is 12.1. The van der Waals surface area contributed by atoms with Crippen LogP contribution in [0.2, 0.25) is 0 Å². The molecular weight excluding hydrogens is 647 g/mol. The Balaban J connectivity index is 1.70. The quantitative estimate of drug-likeness (QED) is 0.103. The maximum absolute atomic E-state index is 15.0. The predicted octanol–water partition coefficient (Wildman–Crippen LogP) is 4.94. The van der Waals surface area contributed by atoms with Crippen LogP contribution >= 0.6 is 6.89 Å². The van der Waals surface area contributed by atoms with Gasteiger partial charge in [-0.1, -0.05) is 152 Å². The van der Waals surface area contributed by atoms with Crippen molar-refractivity contribution in [2.24, 2.45) is 0 Å². The number of Topliss-reactive ketones (excluding diaryl/α,β-unsaturated/α-hetero) is 1. The Morgan fingerprint density at radius 3 is 1.46 bits per heavy atom. The van der Waals surface area contributed by atoms with Gasteiger partial charge in [-0.3, -0.25) is 9.59 Å². The van der Waals surface area contributed by atoms with Crippen LogP contribution in [0.15, 0.2) is 152 Å². The summed E-state index contributed by atoms with van der Waals surface area (Å²) in [5.41, 5.74) is 1.57. The van der Waals surface area contributed by atoms with Crippen molar-refractivity contribution in [2.75, 3.05) is 7.11 Å². The molecule has 2 amide bonds. The molecule has 9 heteroatoms. The van der Waals surface area contributed by atoms with E-state index < -0.39 is 42.7 Å². The van der Waals surface area contributed by atoms with Crippen molar-refractivity contribution >= 4 is 51.8 Å². The van der Waals surface area contributed by atoms with Crippen LogP contribution in [0.1, 0.15) is 18.1 Å². The van der Waals surface area contributed by atoms with Crippen molar-refractivity contribution in [1.29, 1.82) is 0 Å². The van der Waals surface area contributed by atoms with Crippen molar-refractivity contribution in [3.05, 3.63) is 163 Å². The van der Waals surface area contributed by atoms with Gasteiger partial charge in [-0.05, 0) is 40.9 Å². The van der Waals surface area contributed by atoms with Crippen molar-refractivity contribution in [3.8, 4) is 0 Å². The first-order valence-corrected chi connectivity index (χ1v) is 18.0. The van der Waals surface area contributed by atoms with E-state index in [4.69, 9.17) is 9.47 Å². The zero-order chi connectivity index (χ0) is 35.3. The van der Waals surface area contributed by atoms with Crippen LogP contribution < -0.4 is 26.5 Å². The summed E-state index contributed by atoms with van der Waals surface area (Å²) >= 11 is 0. The molecule has 0 aliphatic rings. The molecule has 0 aliphatic heterocycles. The molecule has 5 aromatic rings. The number of methoxy groups -OCH3 is 1. The molecule has 0 aliphatic carbocycles. The van der Waals surface area contributed by atoms with Crippen LogP contribution in [0.4, 0.5) is 4.79 Å². The van der Waals surface area contributed by atoms with Gasteiger partial charge in [0.1, 0.15) is 12.6 Å². The number of benzene rings is 5. The first-order chi connectivity index (χ1) is 24.3. The van der Waals surface area contributed by atoms with Crippen LogP contribution in [0.3, 0.4) is 0 Å². The highest BCUT2D eigenvalue weighted by Gasteiger charge is 2.40. The molecule has 0 heterocycles. The summed E-state index contributed by atoms with van der Waals surface area (Å²) in [7, 11) is 1.25. The van der Waals surface area contributed by atoms with Crippen molar-refractivity contribution in [2.45, 2.75) is 32.0 Å². The Morgan fingerprint density at radius 1 is 0.600 bits per heavy atom. The van der Waals surface area contributed by atoms with Crippen LogP contribution in [0.5, 0.6) is 0 Å². The average Bonchev–Trinajstić information content (AvgIpc) is 3.17. The summed E-state index contributed by atoms with van der Waals surface area (Å²) in [5, 5.41) is 7.68. The third-order valence-corrected chi connectivity index (χ3v) is 12.5. The molecule has 0 fully saturated rings. The van der Waals surface area contributed by atoms with E-state index in [1.165, 1.54) is 14.0 Å². The molecule has 0 saturated heterocycles. The number of hydrogen-bond acceptors (Lipinski definition) is 6. The number of ketones is 1. The lowest BCUT2D eigenvalue weighted by atomic mass is 10.1. The summed E-state index contributed by atoms with van der Waals surface area (Å²) in [6, 6.07) is 44.4. The second kappa shape index (κ2) is 17.1. The van der Waals surface area contributed by atoms with Gasteiger partial charge in [-0.2, -0.15) is 0 Å². The van der Waals surface area contributed by atoms with E-state index >= 15 is 0 Å². The SMILES string of the molecule is COC(=O)[C@H](Cc1ccccc1)NC(=O)C(C(=O)[C@H](C)NC(=O)OCc1ccccc1)=P(c1ccccc1)(c1ccccc1)c1ccccc1. The Morgan fingerprint density at radius 2 is 1.02 bits per heavy atom. The van der Waals surface area contributed by atoms with Crippen LogP contribution in [0.25, 0.3) is 0 Å². The molecule has 0 saturated carbocycles. The molecule has 0 aromatic heterocycles. The Kier molecular flexibility index (Phi) is 12.2. The molecule has 5 rings (SSSR count). The van der Waals surface area contributed by atoms with Gasteiger partial charge in [0, 0.05) is 6.42 Å². The van der Waals surface area contributed by atoms with Gasteiger partial charge in [-0.25, -0.2) is 9.59 Å². The fraction of sp³-hybridized carbons (Fsp3) is 0.146. The van der Waals surface area contributed by atoms with Gasteiger partial charge in [0.05, 0.1) is 18.4 Å². The first-order valence-electron chi connectivity index (χ1n) is 16.2. The molecule has 0 radical (unpaired) electrons. The summed E-state index contributed by atoms with van der Waals surface area (Å²) in [4.78, 5) is 56.2. The Hall–Kier alpha value is -5.72. The zero-order valence-electron chi connectivity index (χ0n) is 27.9. The van der Waals surface area contributed by atoms with Crippen molar-refractivity contribution < 1.29 is 28.7 Å². The molecule has 0 bridgehead atoms. The minimum Gasteiger partial charge on any atom is -0.467 e. The lowest BCUT2D eigenvalue weighted by Gasteiger charge is -2.33. The van der Waals surface area contributed by atoms with E-state index in [2.05, 4.69) is 10.6 Å². The van der Waals surface area contributed by atoms with Crippen molar-refractivity contribution in [3.63, 3.8) is 0 Å². The monoisotopic (exact) mass is 686 g/mol. The number of carbonyl (C=O) groups is 4. The topological polar surface area (TPSA) is 111 Å². The molecule has 2 N–H and O–H groups in total. The van der Waals surface area contributed by atoms with Gasteiger partial charge in [-0.15, -0.1) is 0 Å². The highest BCUT2D eigenvalue weighted by Crippen LogP contribution is 2.46. The van der Waals surface area contributed by atoms with Crippen molar-refractivity contribution in [1.82, 2.24) is 10.6 Å². The average molecular weight is 687 g/mol. The van der Waals surface area contributed by atoms with E-state index in [9.17, 15) is 19.2 Å². The standard InChI is InChI=1S/C41H39N2O6P/c1-30(42-41(47)49-29-32-20-10-4-11-21-32)37(44)38(39(45)43-36(40(46)48-2)28-31-18-8-3-9-19-31)50(33-22-12-5-13-23-33,34-24-14-6-15-25-34)35-26-16-7-17-27-35/h3-27,30,36H,28-29H2,1-2H3,(H,42,47)(H,43,45)/t30-,36-/m0/s1. The lowest BCUT2D eigenvalue weighted by Crippen LogP contribution is -2.53. The molecule has 0 unspecified atom stereocenters. The summed E-state index contributed by atoms with van der Waals surface area (Å²) in [5.74, 6) is -2.02. The lowest BCUT2D eigenvalue weighted by molar-refractivity contribution is -0.144. The van der Waals surface area contributed by atoms with E-state index in [0.717, 1.165) is 27.0 Å². The maximum atomic E-state index is 15.0. The van der Waals surface area contributed by atoms with Crippen LogP contribution in [0, 0.1) is 0 Å². The molecule has 0 spiro atoms. The number of nitrogens with one attached hydrogen (secondary N) is 2. The Labute approximate surface area is 292 Å². The largest absolute Gasteiger partial charge is 0.467 e. The maximum Gasteiger partial charge on any atom is 0.408 e. The van der Waals surface area contributed by atoms with Crippen LogP contribution in [-0.4, -0.2) is 48.2 Å². The highest BCUT2D eigenvalue weighted by atomic mass is 31.2. The smallest absolute Gasteiger partial charge is 0.408 e. The van der Waals surface area contributed by atoms with Crippen LogP contribution in [-0.2, 0) is 36.9 Å². The molecular formula is C41H39N2O6P. The summed E-state index contributed by atoms with van der Waals surface area (Å²) in [6.07, 6.45) is -0.678.